The summed E-state index contributed by atoms with van der Waals surface area (Å²) >= 11 is 0. The Balaban J connectivity index is 1.45. The highest BCUT2D eigenvalue weighted by molar-refractivity contribution is 5.86. The highest BCUT2D eigenvalue weighted by atomic mass is 16.5. The van der Waals surface area contributed by atoms with Gasteiger partial charge in [0.2, 0.25) is 0 Å². The van der Waals surface area contributed by atoms with Gasteiger partial charge in [-0.1, -0.05) is 84.9 Å². The molecule has 0 aromatic heterocycles. The molecule has 0 saturated heterocycles. The third-order valence-electron chi connectivity index (χ3n) is 5.81. The third-order valence-corrected chi connectivity index (χ3v) is 5.81. The van der Waals surface area contributed by atoms with Crippen LogP contribution >= 0.6 is 0 Å². The van der Waals surface area contributed by atoms with Crippen molar-refractivity contribution in [2.45, 2.75) is 25.7 Å². The van der Waals surface area contributed by atoms with E-state index in [1.807, 2.05) is 7.11 Å². The number of hydrogen-bond acceptors (Lipinski definition) is 1. The molecule has 0 aliphatic carbocycles. The molecular weight excluding hydrogens is 340 g/mol. The van der Waals surface area contributed by atoms with Gasteiger partial charge >= 0.3 is 0 Å². The summed E-state index contributed by atoms with van der Waals surface area (Å²) in [5.74, 6) is 0.572. The minimum Gasteiger partial charge on any atom is -0.384 e. The Morgan fingerprint density at radius 3 is 1.57 bits per heavy atom. The average Bonchev–Trinajstić information content (AvgIpc) is 2.75. The van der Waals surface area contributed by atoms with E-state index >= 15 is 0 Å². The predicted octanol–water partition coefficient (Wildman–Crippen LogP) is 6.82. The Hall–Kier alpha value is -2.64. The van der Waals surface area contributed by atoms with Crippen molar-refractivity contribution in [2.24, 2.45) is 5.92 Å². The van der Waals surface area contributed by atoms with E-state index in [2.05, 4.69) is 84.9 Å². The smallest absolute Gasteiger partial charge is 0.0490 e. The molecule has 1 nitrogen and oxygen atoms in total. The van der Waals surface area contributed by atoms with Crippen LogP contribution in [0.3, 0.4) is 0 Å². The molecule has 0 amide bonds. The van der Waals surface area contributed by atoms with Gasteiger partial charge in [-0.15, -0.1) is 0 Å². The third kappa shape index (κ3) is 4.26. The Morgan fingerprint density at radius 1 is 0.607 bits per heavy atom. The van der Waals surface area contributed by atoms with Crippen LogP contribution in [0.15, 0.2) is 84.9 Å². The van der Waals surface area contributed by atoms with Gasteiger partial charge in [-0.05, 0) is 64.3 Å². The molecule has 142 valence electrons. The molecule has 0 heterocycles. The molecule has 0 saturated carbocycles. The zero-order chi connectivity index (χ0) is 19.2. The fourth-order valence-electron chi connectivity index (χ4n) is 4.29. The highest BCUT2D eigenvalue weighted by Gasteiger charge is 2.12. The largest absolute Gasteiger partial charge is 0.384 e. The lowest BCUT2D eigenvalue weighted by Crippen LogP contribution is -2.11. The first-order valence-electron chi connectivity index (χ1n) is 10.3. The number of ether oxygens (including phenoxy) is 1. The fourth-order valence-corrected chi connectivity index (χ4v) is 4.29. The lowest BCUT2D eigenvalue weighted by atomic mass is 9.91. The molecule has 28 heavy (non-hydrogen) atoms. The van der Waals surface area contributed by atoms with Crippen molar-refractivity contribution >= 4 is 21.5 Å². The van der Waals surface area contributed by atoms with E-state index in [4.69, 9.17) is 4.74 Å². The highest BCUT2D eigenvalue weighted by Crippen LogP contribution is 2.25. The SMILES string of the molecule is COCC(CCc1cccc2ccccc12)CCc1cccc2ccccc12. The zero-order valence-corrected chi connectivity index (χ0v) is 16.6. The number of fused-ring (bicyclic) bond motifs is 2. The quantitative estimate of drug-likeness (QED) is 0.331. The molecular formula is C27H28O. The van der Waals surface area contributed by atoms with Crippen LogP contribution in [-0.4, -0.2) is 13.7 Å². The van der Waals surface area contributed by atoms with Crippen LogP contribution in [0.25, 0.3) is 21.5 Å². The van der Waals surface area contributed by atoms with Crippen LogP contribution in [-0.2, 0) is 17.6 Å². The van der Waals surface area contributed by atoms with Gasteiger partial charge in [-0.2, -0.15) is 0 Å². The predicted molar refractivity (Wildman–Crippen MR) is 120 cm³/mol. The van der Waals surface area contributed by atoms with E-state index < -0.39 is 0 Å². The van der Waals surface area contributed by atoms with E-state index in [0.717, 1.165) is 32.3 Å². The lowest BCUT2D eigenvalue weighted by molar-refractivity contribution is 0.143. The van der Waals surface area contributed by atoms with Gasteiger partial charge < -0.3 is 4.74 Å². The number of benzene rings is 4. The number of methoxy groups -OCH3 is 1. The van der Waals surface area contributed by atoms with Crippen molar-refractivity contribution in [3.05, 3.63) is 96.1 Å². The summed E-state index contributed by atoms with van der Waals surface area (Å²) in [5, 5.41) is 5.43. The topological polar surface area (TPSA) is 9.23 Å². The van der Waals surface area contributed by atoms with Crippen LogP contribution in [0.2, 0.25) is 0 Å². The van der Waals surface area contributed by atoms with Crippen molar-refractivity contribution in [1.82, 2.24) is 0 Å². The molecule has 0 N–H and O–H groups in total. The summed E-state index contributed by atoms with van der Waals surface area (Å²) in [6.45, 7) is 0.829. The summed E-state index contributed by atoms with van der Waals surface area (Å²) in [7, 11) is 1.82. The second-order valence-corrected chi connectivity index (χ2v) is 7.68. The van der Waals surface area contributed by atoms with Crippen molar-refractivity contribution in [3.63, 3.8) is 0 Å². The minimum absolute atomic E-state index is 0.572. The lowest BCUT2D eigenvalue weighted by Gasteiger charge is -2.17. The van der Waals surface area contributed by atoms with Crippen molar-refractivity contribution < 1.29 is 4.74 Å². The van der Waals surface area contributed by atoms with Crippen molar-refractivity contribution in [1.29, 1.82) is 0 Å². The van der Waals surface area contributed by atoms with Crippen LogP contribution in [0.4, 0.5) is 0 Å². The number of hydrogen-bond donors (Lipinski definition) is 0. The summed E-state index contributed by atoms with van der Waals surface area (Å²) < 4.78 is 5.56. The molecule has 0 aliphatic heterocycles. The first-order valence-corrected chi connectivity index (χ1v) is 10.3. The van der Waals surface area contributed by atoms with Gasteiger partial charge in [0.05, 0.1) is 0 Å². The van der Waals surface area contributed by atoms with Gasteiger partial charge in [-0.25, -0.2) is 0 Å². The maximum Gasteiger partial charge on any atom is 0.0490 e. The molecule has 0 spiro atoms. The molecule has 0 unspecified atom stereocenters. The Kier molecular flexibility index (Phi) is 6.04. The average molecular weight is 369 g/mol. The van der Waals surface area contributed by atoms with E-state index in [1.165, 1.54) is 32.7 Å². The van der Waals surface area contributed by atoms with Crippen molar-refractivity contribution in [3.8, 4) is 0 Å². The molecule has 4 aromatic rings. The van der Waals surface area contributed by atoms with Crippen LogP contribution < -0.4 is 0 Å². The minimum atomic E-state index is 0.572. The fraction of sp³-hybridized carbons (Fsp3) is 0.259. The Bertz CT molecular complexity index is 956. The zero-order valence-electron chi connectivity index (χ0n) is 16.6. The van der Waals surface area contributed by atoms with E-state index in [1.54, 1.807) is 0 Å². The normalized spacial score (nSPS) is 11.5. The summed E-state index contributed by atoms with van der Waals surface area (Å²) in [6, 6.07) is 30.7. The Morgan fingerprint density at radius 2 is 1.07 bits per heavy atom. The van der Waals surface area contributed by atoms with Gasteiger partial charge in [-0.3, -0.25) is 0 Å². The molecule has 0 atom stereocenters. The monoisotopic (exact) mass is 368 g/mol. The van der Waals surface area contributed by atoms with Crippen LogP contribution in [0, 0.1) is 5.92 Å². The van der Waals surface area contributed by atoms with Crippen LogP contribution in [0.1, 0.15) is 24.0 Å². The first kappa shape index (κ1) is 18.7. The van der Waals surface area contributed by atoms with Gasteiger partial charge in [0.1, 0.15) is 0 Å². The number of rotatable bonds is 8. The summed E-state index contributed by atoms with van der Waals surface area (Å²) in [5.41, 5.74) is 2.90. The maximum atomic E-state index is 5.56. The number of aryl methyl sites for hydroxylation is 2. The first-order chi connectivity index (χ1) is 13.8. The molecule has 4 rings (SSSR count). The molecule has 0 radical (unpaired) electrons. The molecule has 0 fully saturated rings. The molecule has 1 heteroatoms. The van der Waals surface area contributed by atoms with Crippen LogP contribution in [0.5, 0.6) is 0 Å². The standard InChI is InChI=1S/C27H28O/c1-28-20-21(16-18-24-12-6-10-22-8-2-4-14-26(22)24)17-19-25-13-7-11-23-9-3-5-15-27(23)25/h2-15,21H,16-20H2,1H3. The molecule has 0 bridgehead atoms. The van der Waals surface area contributed by atoms with Gasteiger partial charge in [0.15, 0.2) is 0 Å². The van der Waals surface area contributed by atoms with Crippen molar-refractivity contribution in [2.75, 3.05) is 13.7 Å². The molecule has 4 aromatic carbocycles. The Labute approximate surface area is 168 Å². The second-order valence-electron chi connectivity index (χ2n) is 7.68. The van der Waals surface area contributed by atoms with E-state index in [0.29, 0.717) is 5.92 Å². The van der Waals surface area contributed by atoms with E-state index in [9.17, 15) is 0 Å². The summed E-state index contributed by atoms with van der Waals surface area (Å²) in [4.78, 5) is 0. The van der Waals surface area contributed by atoms with Gasteiger partial charge in [0.25, 0.3) is 0 Å². The maximum absolute atomic E-state index is 5.56. The van der Waals surface area contributed by atoms with E-state index in [-0.39, 0.29) is 0 Å². The second kappa shape index (κ2) is 9.03. The van der Waals surface area contributed by atoms with Gasteiger partial charge in [0, 0.05) is 13.7 Å². The molecule has 0 aliphatic rings. The summed E-state index contributed by atoms with van der Waals surface area (Å²) in [6.07, 6.45) is 4.52.